The van der Waals surface area contributed by atoms with Gasteiger partial charge in [0.05, 0.1) is 7.11 Å². The van der Waals surface area contributed by atoms with Crippen LogP contribution in [-0.2, 0) is 9.53 Å². The summed E-state index contributed by atoms with van der Waals surface area (Å²) in [5.74, 6) is -0.0206. The molecule has 3 nitrogen and oxygen atoms in total. The SMILES string of the molecule is COC(=O)CCC(C)C=N. The zero-order valence-electron chi connectivity index (χ0n) is 6.39. The molecule has 0 aromatic rings. The van der Waals surface area contributed by atoms with Crippen LogP contribution in [0.1, 0.15) is 19.8 Å². The van der Waals surface area contributed by atoms with E-state index in [1.807, 2.05) is 6.92 Å². The molecule has 0 bridgehead atoms. The van der Waals surface area contributed by atoms with E-state index in [0.717, 1.165) is 0 Å². The van der Waals surface area contributed by atoms with Gasteiger partial charge in [-0.05, 0) is 18.6 Å². The minimum atomic E-state index is -0.200. The van der Waals surface area contributed by atoms with Crippen molar-refractivity contribution >= 4 is 12.2 Å². The zero-order valence-corrected chi connectivity index (χ0v) is 6.39. The maximum Gasteiger partial charge on any atom is 0.305 e. The van der Waals surface area contributed by atoms with Gasteiger partial charge < -0.3 is 10.1 Å². The van der Waals surface area contributed by atoms with Crippen LogP contribution >= 0.6 is 0 Å². The van der Waals surface area contributed by atoms with E-state index in [1.54, 1.807) is 0 Å². The number of hydrogen-bond donors (Lipinski definition) is 1. The predicted octanol–water partition coefficient (Wildman–Crippen LogP) is 1.23. The second kappa shape index (κ2) is 4.97. The highest BCUT2D eigenvalue weighted by Crippen LogP contribution is 2.02. The first-order valence-electron chi connectivity index (χ1n) is 3.28. The maximum atomic E-state index is 10.5. The first-order valence-corrected chi connectivity index (χ1v) is 3.28. The summed E-state index contributed by atoms with van der Waals surface area (Å²) in [6.07, 6.45) is 2.45. The number of methoxy groups -OCH3 is 1. The number of rotatable bonds is 4. The van der Waals surface area contributed by atoms with Crippen LogP contribution in [0.2, 0.25) is 0 Å². The minimum Gasteiger partial charge on any atom is -0.469 e. The van der Waals surface area contributed by atoms with Gasteiger partial charge in [0.2, 0.25) is 0 Å². The van der Waals surface area contributed by atoms with Gasteiger partial charge in [-0.2, -0.15) is 0 Å². The zero-order chi connectivity index (χ0) is 7.98. The van der Waals surface area contributed by atoms with Crippen LogP contribution in [0.3, 0.4) is 0 Å². The number of esters is 1. The van der Waals surface area contributed by atoms with Gasteiger partial charge in [0.1, 0.15) is 0 Å². The van der Waals surface area contributed by atoms with Gasteiger partial charge in [-0.3, -0.25) is 4.79 Å². The van der Waals surface area contributed by atoms with Gasteiger partial charge >= 0.3 is 5.97 Å². The number of carbonyl (C=O) groups is 1. The number of ether oxygens (including phenoxy) is 1. The molecule has 0 aromatic carbocycles. The largest absolute Gasteiger partial charge is 0.469 e. The van der Waals surface area contributed by atoms with Crippen LogP contribution in [0, 0.1) is 11.3 Å². The Balaban J connectivity index is 3.34. The molecule has 58 valence electrons. The van der Waals surface area contributed by atoms with Gasteiger partial charge in [-0.1, -0.05) is 6.92 Å². The average Bonchev–Trinajstić information content (AvgIpc) is 1.99. The highest BCUT2D eigenvalue weighted by atomic mass is 16.5. The Morgan fingerprint density at radius 3 is 2.80 bits per heavy atom. The maximum absolute atomic E-state index is 10.5. The molecular weight excluding hydrogens is 130 g/mol. The molecule has 3 heteroatoms. The molecule has 0 saturated carbocycles. The fourth-order valence-corrected chi connectivity index (χ4v) is 0.531. The summed E-state index contributed by atoms with van der Waals surface area (Å²) in [5, 5.41) is 6.83. The third kappa shape index (κ3) is 4.06. The first-order chi connectivity index (χ1) is 4.70. The Labute approximate surface area is 60.9 Å². The number of hydrogen-bond acceptors (Lipinski definition) is 3. The van der Waals surface area contributed by atoms with Crippen molar-refractivity contribution in [3.63, 3.8) is 0 Å². The standard InChI is InChI=1S/C7H13NO2/c1-6(5-8)3-4-7(9)10-2/h5-6,8H,3-4H2,1-2H3. The van der Waals surface area contributed by atoms with Crippen molar-refractivity contribution in [2.75, 3.05) is 7.11 Å². The van der Waals surface area contributed by atoms with E-state index >= 15 is 0 Å². The van der Waals surface area contributed by atoms with E-state index in [-0.39, 0.29) is 11.9 Å². The normalized spacial score (nSPS) is 12.2. The van der Waals surface area contributed by atoms with Crippen molar-refractivity contribution < 1.29 is 9.53 Å². The molecule has 0 saturated heterocycles. The summed E-state index contributed by atoms with van der Waals surface area (Å²) in [7, 11) is 1.37. The van der Waals surface area contributed by atoms with Crippen LogP contribution in [-0.4, -0.2) is 19.3 Å². The molecule has 0 aromatic heterocycles. The van der Waals surface area contributed by atoms with E-state index in [0.29, 0.717) is 12.8 Å². The molecule has 0 aliphatic heterocycles. The van der Waals surface area contributed by atoms with Gasteiger partial charge in [0.15, 0.2) is 0 Å². The van der Waals surface area contributed by atoms with Crippen molar-refractivity contribution in [2.45, 2.75) is 19.8 Å². The van der Waals surface area contributed by atoms with Crippen molar-refractivity contribution in [3.8, 4) is 0 Å². The Hall–Kier alpha value is -0.860. The van der Waals surface area contributed by atoms with E-state index < -0.39 is 0 Å². The second-order valence-corrected chi connectivity index (χ2v) is 2.26. The lowest BCUT2D eigenvalue weighted by molar-refractivity contribution is -0.140. The number of nitrogens with one attached hydrogen (secondary N) is 1. The second-order valence-electron chi connectivity index (χ2n) is 2.26. The molecule has 0 aliphatic rings. The molecule has 0 heterocycles. The van der Waals surface area contributed by atoms with Gasteiger partial charge in [0, 0.05) is 6.42 Å². The fourth-order valence-electron chi connectivity index (χ4n) is 0.531. The van der Waals surface area contributed by atoms with Crippen LogP contribution in [0.4, 0.5) is 0 Å². The molecule has 1 unspecified atom stereocenters. The van der Waals surface area contributed by atoms with E-state index in [2.05, 4.69) is 4.74 Å². The fraction of sp³-hybridized carbons (Fsp3) is 0.714. The summed E-state index contributed by atoms with van der Waals surface area (Å²) in [5.41, 5.74) is 0. The van der Waals surface area contributed by atoms with Crippen molar-refractivity contribution in [1.29, 1.82) is 5.41 Å². The molecule has 1 atom stereocenters. The predicted molar refractivity (Wildman–Crippen MR) is 39.2 cm³/mol. The Morgan fingerprint density at radius 2 is 2.40 bits per heavy atom. The highest BCUT2D eigenvalue weighted by molar-refractivity contribution is 5.69. The molecule has 0 spiro atoms. The van der Waals surface area contributed by atoms with Crippen LogP contribution < -0.4 is 0 Å². The van der Waals surface area contributed by atoms with E-state index in [4.69, 9.17) is 5.41 Å². The lowest BCUT2D eigenvalue weighted by Crippen LogP contribution is -2.04. The van der Waals surface area contributed by atoms with Gasteiger partial charge in [-0.25, -0.2) is 0 Å². The molecule has 0 amide bonds. The Kier molecular flexibility index (Phi) is 4.54. The quantitative estimate of drug-likeness (QED) is 0.475. The molecular formula is C7H13NO2. The summed E-state index contributed by atoms with van der Waals surface area (Å²) < 4.78 is 4.43. The summed E-state index contributed by atoms with van der Waals surface area (Å²) in [6.45, 7) is 1.90. The highest BCUT2D eigenvalue weighted by Gasteiger charge is 2.02. The Bertz CT molecular complexity index is 123. The molecule has 1 N–H and O–H groups in total. The van der Waals surface area contributed by atoms with Crippen molar-refractivity contribution in [3.05, 3.63) is 0 Å². The van der Waals surface area contributed by atoms with E-state index in [1.165, 1.54) is 13.3 Å². The molecule has 0 aliphatic carbocycles. The third-order valence-electron chi connectivity index (χ3n) is 1.32. The topological polar surface area (TPSA) is 50.2 Å². The molecule has 0 rings (SSSR count). The molecule has 0 fully saturated rings. The minimum absolute atomic E-state index is 0.180. The average molecular weight is 143 g/mol. The van der Waals surface area contributed by atoms with Crippen LogP contribution in [0.15, 0.2) is 0 Å². The summed E-state index contributed by atoms with van der Waals surface area (Å²) >= 11 is 0. The van der Waals surface area contributed by atoms with Gasteiger partial charge in [-0.15, -0.1) is 0 Å². The lowest BCUT2D eigenvalue weighted by Gasteiger charge is -2.01. The molecule has 0 radical (unpaired) electrons. The Morgan fingerprint density at radius 1 is 1.80 bits per heavy atom. The smallest absolute Gasteiger partial charge is 0.305 e. The van der Waals surface area contributed by atoms with Crippen LogP contribution in [0.25, 0.3) is 0 Å². The van der Waals surface area contributed by atoms with Crippen molar-refractivity contribution in [2.24, 2.45) is 5.92 Å². The monoisotopic (exact) mass is 143 g/mol. The lowest BCUT2D eigenvalue weighted by atomic mass is 10.1. The summed E-state index contributed by atoms with van der Waals surface area (Å²) in [4.78, 5) is 10.5. The van der Waals surface area contributed by atoms with Crippen LogP contribution in [0.5, 0.6) is 0 Å². The molecule has 10 heavy (non-hydrogen) atoms. The third-order valence-corrected chi connectivity index (χ3v) is 1.32. The van der Waals surface area contributed by atoms with Crippen molar-refractivity contribution in [1.82, 2.24) is 0 Å². The van der Waals surface area contributed by atoms with Gasteiger partial charge in [0.25, 0.3) is 0 Å². The summed E-state index contributed by atoms with van der Waals surface area (Å²) in [6, 6.07) is 0. The number of carbonyl (C=O) groups excluding carboxylic acids is 1. The van der Waals surface area contributed by atoms with E-state index in [9.17, 15) is 4.79 Å². The first kappa shape index (κ1) is 9.14.